The lowest BCUT2D eigenvalue weighted by molar-refractivity contribution is -0.115. The van der Waals surface area contributed by atoms with Gasteiger partial charge in [-0.1, -0.05) is 0 Å². The van der Waals surface area contributed by atoms with Crippen molar-refractivity contribution in [1.29, 1.82) is 0 Å². The Kier molecular flexibility index (Phi) is 2.11. The maximum absolute atomic E-state index is 13.4. The number of carbonyl (C=O) groups is 2. The van der Waals surface area contributed by atoms with Gasteiger partial charge in [-0.05, 0) is 28.1 Å². The molecule has 0 atom stereocenters. The molecule has 1 amide bonds. The number of carbonyl (C=O) groups excluding carboxylic acids is 2. The van der Waals surface area contributed by atoms with Crippen LogP contribution in [0.3, 0.4) is 0 Å². The Morgan fingerprint density at radius 2 is 2.07 bits per heavy atom. The number of hydrogen-bond donors (Lipinski definition) is 1. The van der Waals surface area contributed by atoms with E-state index in [1.54, 1.807) is 0 Å². The summed E-state index contributed by atoms with van der Waals surface area (Å²) in [4.78, 5) is 22.3. The SMILES string of the molecule is O=C1CC(=O)c2ccc(Br)c(F)c2N1. The average Bonchev–Trinajstić information content (AvgIpc) is 2.12. The highest BCUT2D eigenvalue weighted by Gasteiger charge is 2.25. The van der Waals surface area contributed by atoms with E-state index in [0.717, 1.165) is 0 Å². The molecule has 14 heavy (non-hydrogen) atoms. The molecule has 0 aromatic heterocycles. The van der Waals surface area contributed by atoms with Crippen molar-refractivity contribution in [3.63, 3.8) is 0 Å². The van der Waals surface area contributed by atoms with Gasteiger partial charge in [0.25, 0.3) is 0 Å². The molecule has 72 valence electrons. The summed E-state index contributed by atoms with van der Waals surface area (Å²) in [6.07, 6.45) is -0.214. The van der Waals surface area contributed by atoms with Gasteiger partial charge in [-0.3, -0.25) is 9.59 Å². The molecular formula is C9H5BrFNO2. The first kappa shape index (κ1) is 9.33. The second-order valence-corrected chi connectivity index (χ2v) is 3.79. The summed E-state index contributed by atoms with van der Waals surface area (Å²) in [6, 6.07) is 2.94. The first-order chi connectivity index (χ1) is 6.59. The fraction of sp³-hybridized carbons (Fsp3) is 0.111. The molecule has 1 N–H and O–H groups in total. The number of benzene rings is 1. The highest BCUT2D eigenvalue weighted by Crippen LogP contribution is 2.30. The Hall–Kier alpha value is -1.23. The van der Waals surface area contributed by atoms with Crippen molar-refractivity contribution in [3.05, 3.63) is 28.0 Å². The largest absolute Gasteiger partial charge is 0.323 e. The second-order valence-electron chi connectivity index (χ2n) is 2.93. The van der Waals surface area contributed by atoms with Gasteiger partial charge in [0.2, 0.25) is 5.91 Å². The molecule has 1 aliphatic heterocycles. The van der Waals surface area contributed by atoms with Crippen LogP contribution in [0.25, 0.3) is 0 Å². The lowest BCUT2D eigenvalue weighted by atomic mass is 10.0. The lowest BCUT2D eigenvalue weighted by Crippen LogP contribution is -2.25. The van der Waals surface area contributed by atoms with E-state index in [9.17, 15) is 14.0 Å². The molecular weight excluding hydrogens is 253 g/mol. The van der Waals surface area contributed by atoms with E-state index in [-0.39, 0.29) is 27.9 Å². The van der Waals surface area contributed by atoms with E-state index in [0.29, 0.717) is 0 Å². The minimum absolute atomic E-state index is 0.0272. The van der Waals surface area contributed by atoms with Gasteiger partial charge in [0.15, 0.2) is 11.6 Å². The molecule has 1 aromatic rings. The van der Waals surface area contributed by atoms with Crippen LogP contribution in [0.15, 0.2) is 16.6 Å². The van der Waals surface area contributed by atoms with Gasteiger partial charge < -0.3 is 5.32 Å². The molecule has 3 nitrogen and oxygen atoms in total. The molecule has 0 radical (unpaired) electrons. The molecule has 1 heterocycles. The zero-order valence-electron chi connectivity index (χ0n) is 6.93. The van der Waals surface area contributed by atoms with Crippen molar-refractivity contribution in [3.8, 4) is 0 Å². The zero-order chi connectivity index (χ0) is 10.3. The van der Waals surface area contributed by atoms with Gasteiger partial charge >= 0.3 is 0 Å². The van der Waals surface area contributed by atoms with Crippen LogP contribution in [0, 0.1) is 5.82 Å². The zero-order valence-corrected chi connectivity index (χ0v) is 8.52. The van der Waals surface area contributed by atoms with Crippen molar-refractivity contribution < 1.29 is 14.0 Å². The van der Waals surface area contributed by atoms with E-state index >= 15 is 0 Å². The number of rotatable bonds is 0. The molecule has 2 rings (SSSR count). The summed E-state index contributed by atoms with van der Waals surface area (Å²) in [5.41, 5.74) is 0.200. The second kappa shape index (κ2) is 3.16. The number of halogens is 2. The maximum Gasteiger partial charge on any atom is 0.232 e. The minimum atomic E-state index is -0.607. The summed E-state index contributed by atoms with van der Waals surface area (Å²) < 4.78 is 13.6. The third kappa shape index (κ3) is 1.33. The first-order valence-corrected chi connectivity index (χ1v) is 4.70. The Labute approximate surface area is 87.4 Å². The fourth-order valence-corrected chi connectivity index (χ4v) is 1.66. The smallest absolute Gasteiger partial charge is 0.232 e. The summed E-state index contributed by atoms with van der Waals surface area (Å²) >= 11 is 2.98. The highest BCUT2D eigenvalue weighted by atomic mass is 79.9. The number of anilines is 1. The topological polar surface area (TPSA) is 46.2 Å². The van der Waals surface area contributed by atoms with Crippen molar-refractivity contribution in [2.75, 3.05) is 5.32 Å². The normalized spacial score (nSPS) is 15.0. The van der Waals surface area contributed by atoms with Crippen LogP contribution >= 0.6 is 15.9 Å². The van der Waals surface area contributed by atoms with Crippen LogP contribution in [0.4, 0.5) is 10.1 Å². The maximum atomic E-state index is 13.4. The predicted molar refractivity (Wildman–Crippen MR) is 51.7 cm³/mol. The number of ketones is 1. The fourth-order valence-electron chi connectivity index (χ4n) is 1.33. The predicted octanol–water partition coefficient (Wildman–Crippen LogP) is 2.11. The van der Waals surface area contributed by atoms with Crippen molar-refractivity contribution in [2.45, 2.75) is 6.42 Å². The number of nitrogens with one attached hydrogen (secondary N) is 1. The summed E-state index contributed by atoms with van der Waals surface area (Å²) in [6.45, 7) is 0. The van der Waals surface area contributed by atoms with Gasteiger partial charge in [0.05, 0.1) is 16.6 Å². The monoisotopic (exact) mass is 257 g/mol. The highest BCUT2D eigenvalue weighted by molar-refractivity contribution is 9.10. The van der Waals surface area contributed by atoms with E-state index in [1.807, 2.05) is 0 Å². The Bertz CT molecular complexity index is 445. The number of Topliss-reactive ketones (excluding diaryl/α,β-unsaturated/α-hetero) is 1. The molecule has 0 saturated heterocycles. The van der Waals surface area contributed by atoms with Gasteiger partial charge in [-0.2, -0.15) is 0 Å². The molecule has 0 saturated carbocycles. The van der Waals surface area contributed by atoms with E-state index in [2.05, 4.69) is 21.2 Å². The third-order valence-electron chi connectivity index (χ3n) is 1.98. The van der Waals surface area contributed by atoms with Gasteiger partial charge in [0.1, 0.15) is 0 Å². The van der Waals surface area contributed by atoms with E-state index < -0.39 is 11.7 Å². The molecule has 0 unspecified atom stereocenters. The van der Waals surface area contributed by atoms with E-state index in [4.69, 9.17) is 0 Å². The molecule has 5 heteroatoms. The molecule has 0 bridgehead atoms. The molecule has 1 aliphatic rings. The average molecular weight is 258 g/mol. The van der Waals surface area contributed by atoms with Crippen LogP contribution in [-0.4, -0.2) is 11.7 Å². The first-order valence-electron chi connectivity index (χ1n) is 3.90. The molecule has 0 fully saturated rings. The Balaban J connectivity index is 2.65. The van der Waals surface area contributed by atoms with Crippen LogP contribution in [0.5, 0.6) is 0 Å². The molecule has 0 aliphatic carbocycles. The van der Waals surface area contributed by atoms with Gasteiger partial charge in [-0.15, -0.1) is 0 Å². The lowest BCUT2D eigenvalue weighted by Gasteiger charge is -2.16. The van der Waals surface area contributed by atoms with Crippen LogP contribution in [0.1, 0.15) is 16.8 Å². The summed E-state index contributed by atoms with van der Waals surface area (Å²) in [7, 11) is 0. The Morgan fingerprint density at radius 3 is 2.79 bits per heavy atom. The van der Waals surface area contributed by atoms with E-state index in [1.165, 1.54) is 12.1 Å². The van der Waals surface area contributed by atoms with Crippen LogP contribution < -0.4 is 5.32 Å². The Morgan fingerprint density at radius 1 is 1.36 bits per heavy atom. The number of hydrogen-bond acceptors (Lipinski definition) is 2. The van der Waals surface area contributed by atoms with Crippen LogP contribution in [-0.2, 0) is 4.79 Å². The molecule has 1 aromatic carbocycles. The quantitative estimate of drug-likeness (QED) is 0.724. The van der Waals surface area contributed by atoms with Crippen molar-refractivity contribution in [1.82, 2.24) is 0 Å². The minimum Gasteiger partial charge on any atom is -0.323 e. The van der Waals surface area contributed by atoms with Gasteiger partial charge in [0, 0.05) is 5.56 Å². The number of amides is 1. The summed E-state index contributed by atoms with van der Waals surface area (Å²) in [5.74, 6) is -1.43. The molecule has 0 spiro atoms. The standard InChI is InChI=1S/C9H5BrFNO2/c10-5-2-1-4-6(13)3-7(14)12-9(4)8(5)11/h1-2H,3H2,(H,12,14). The van der Waals surface area contributed by atoms with Crippen LogP contribution in [0.2, 0.25) is 0 Å². The third-order valence-corrected chi connectivity index (χ3v) is 2.59. The number of fused-ring (bicyclic) bond motifs is 1. The van der Waals surface area contributed by atoms with Crippen molar-refractivity contribution in [2.24, 2.45) is 0 Å². The van der Waals surface area contributed by atoms with Gasteiger partial charge in [-0.25, -0.2) is 4.39 Å². The summed E-state index contributed by atoms with van der Waals surface area (Å²) in [5, 5.41) is 2.33. The van der Waals surface area contributed by atoms with Crippen molar-refractivity contribution >= 4 is 33.3 Å².